The summed E-state index contributed by atoms with van der Waals surface area (Å²) in [7, 11) is 1.63. The van der Waals surface area contributed by atoms with Crippen molar-refractivity contribution in [2.75, 3.05) is 40.0 Å². The number of carbonyl (C=O) groups is 1. The van der Waals surface area contributed by atoms with Gasteiger partial charge in [0, 0.05) is 5.56 Å². The molecule has 0 bridgehead atoms. The summed E-state index contributed by atoms with van der Waals surface area (Å²) < 4.78 is 10.8. The number of methoxy groups -OCH3 is 1. The fourth-order valence-electron chi connectivity index (χ4n) is 3.41. The van der Waals surface area contributed by atoms with E-state index in [9.17, 15) is 4.79 Å². The second kappa shape index (κ2) is 9.02. The summed E-state index contributed by atoms with van der Waals surface area (Å²) in [6, 6.07) is 13.9. The van der Waals surface area contributed by atoms with E-state index < -0.39 is 0 Å². The standard InChI is InChI=1S/C22H28N2O3/c1-16-4-7-18(8-5-16)20(15-24-10-12-27-13-11-24)23-22(25)19-9-6-17(2)21(14-19)26-3/h4-9,14,20H,10-13,15H2,1-3H3,(H,23,25)/p+1/t20-/m0/s1. The van der Waals surface area contributed by atoms with Crippen LogP contribution in [0.25, 0.3) is 0 Å². The Morgan fingerprint density at radius 1 is 1.15 bits per heavy atom. The molecule has 3 rings (SSSR count). The van der Waals surface area contributed by atoms with E-state index >= 15 is 0 Å². The Balaban J connectivity index is 1.79. The number of aryl methyl sites for hydroxylation is 2. The van der Waals surface area contributed by atoms with Crippen LogP contribution in [0.5, 0.6) is 5.75 Å². The van der Waals surface area contributed by atoms with Gasteiger partial charge in [-0.15, -0.1) is 0 Å². The third-order valence-corrected chi connectivity index (χ3v) is 5.15. The number of hydrogen-bond acceptors (Lipinski definition) is 3. The van der Waals surface area contributed by atoms with Crippen molar-refractivity contribution >= 4 is 5.91 Å². The van der Waals surface area contributed by atoms with Crippen molar-refractivity contribution in [3.8, 4) is 5.75 Å². The van der Waals surface area contributed by atoms with Crippen molar-refractivity contribution in [3.63, 3.8) is 0 Å². The zero-order valence-electron chi connectivity index (χ0n) is 16.4. The number of nitrogens with one attached hydrogen (secondary N) is 2. The molecule has 0 radical (unpaired) electrons. The van der Waals surface area contributed by atoms with Crippen molar-refractivity contribution in [3.05, 3.63) is 64.7 Å². The highest BCUT2D eigenvalue weighted by molar-refractivity contribution is 5.95. The number of ether oxygens (including phenoxy) is 2. The van der Waals surface area contributed by atoms with Gasteiger partial charge in [-0.2, -0.15) is 0 Å². The van der Waals surface area contributed by atoms with E-state index in [0.717, 1.165) is 49.7 Å². The molecule has 1 saturated heterocycles. The molecular formula is C22H29N2O3+. The van der Waals surface area contributed by atoms with Crippen molar-refractivity contribution < 1.29 is 19.2 Å². The normalized spacial score (nSPS) is 16.0. The van der Waals surface area contributed by atoms with Gasteiger partial charge < -0.3 is 19.7 Å². The number of rotatable bonds is 6. The molecule has 0 spiro atoms. The van der Waals surface area contributed by atoms with Gasteiger partial charge in [0.05, 0.1) is 20.3 Å². The average Bonchev–Trinajstić information content (AvgIpc) is 2.69. The average molecular weight is 369 g/mol. The molecule has 27 heavy (non-hydrogen) atoms. The Morgan fingerprint density at radius 3 is 2.52 bits per heavy atom. The van der Waals surface area contributed by atoms with Crippen LogP contribution in [0.2, 0.25) is 0 Å². The van der Waals surface area contributed by atoms with Crippen LogP contribution in [0.4, 0.5) is 0 Å². The monoisotopic (exact) mass is 369 g/mol. The molecule has 2 aromatic rings. The quantitative estimate of drug-likeness (QED) is 0.815. The number of carbonyl (C=O) groups excluding carboxylic acids is 1. The second-order valence-electron chi connectivity index (χ2n) is 7.19. The van der Waals surface area contributed by atoms with Gasteiger partial charge >= 0.3 is 0 Å². The zero-order valence-corrected chi connectivity index (χ0v) is 16.4. The molecule has 1 aliphatic rings. The minimum atomic E-state index is -0.0773. The number of quaternary nitrogens is 1. The van der Waals surface area contributed by atoms with E-state index in [-0.39, 0.29) is 11.9 Å². The highest BCUT2D eigenvalue weighted by atomic mass is 16.5. The highest BCUT2D eigenvalue weighted by Crippen LogP contribution is 2.20. The van der Waals surface area contributed by atoms with Crippen LogP contribution in [0.1, 0.15) is 33.1 Å². The maximum atomic E-state index is 12.9. The minimum Gasteiger partial charge on any atom is -0.496 e. The largest absolute Gasteiger partial charge is 0.496 e. The van der Waals surface area contributed by atoms with Gasteiger partial charge in [0.15, 0.2) is 0 Å². The number of benzene rings is 2. The van der Waals surface area contributed by atoms with E-state index in [4.69, 9.17) is 9.47 Å². The molecule has 1 aliphatic heterocycles. The van der Waals surface area contributed by atoms with Crippen molar-refractivity contribution in [2.45, 2.75) is 19.9 Å². The molecule has 1 fully saturated rings. The van der Waals surface area contributed by atoms with E-state index in [1.165, 1.54) is 10.5 Å². The lowest BCUT2D eigenvalue weighted by Crippen LogP contribution is -3.14. The Morgan fingerprint density at radius 2 is 1.85 bits per heavy atom. The number of amides is 1. The van der Waals surface area contributed by atoms with Crippen molar-refractivity contribution in [2.24, 2.45) is 0 Å². The van der Waals surface area contributed by atoms with Crippen LogP contribution in [-0.4, -0.2) is 45.9 Å². The van der Waals surface area contributed by atoms with Gasteiger partial charge in [-0.25, -0.2) is 0 Å². The summed E-state index contributed by atoms with van der Waals surface area (Å²) in [5, 5.41) is 3.23. The lowest BCUT2D eigenvalue weighted by molar-refractivity contribution is -0.909. The van der Waals surface area contributed by atoms with Crippen LogP contribution in [-0.2, 0) is 4.74 Å². The summed E-state index contributed by atoms with van der Waals surface area (Å²) in [5.74, 6) is 0.653. The second-order valence-corrected chi connectivity index (χ2v) is 7.19. The third kappa shape index (κ3) is 5.08. The van der Waals surface area contributed by atoms with Gasteiger partial charge in [0.25, 0.3) is 5.91 Å². The van der Waals surface area contributed by atoms with E-state index in [1.54, 1.807) is 13.2 Å². The molecule has 2 aromatic carbocycles. The van der Waals surface area contributed by atoms with Crippen molar-refractivity contribution in [1.29, 1.82) is 0 Å². The first kappa shape index (κ1) is 19.4. The summed E-state index contributed by atoms with van der Waals surface area (Å²) in [5.41, 5.74) is 3.98. The Hall–Kier alpha value is -2.37. The van der Waals surface area contributed by atoms with E-state index in [0.29, 0.717) is 5.56 Å². The third-order valence-electron chi connectivity index (χ3n) is 5.15. The molecule has 0 aromatic heterocycles. The summed E-state index contributed by atoms with van der Waals surface area (Å²) in [6.07, 6.45) is 0. The molecule has 0 unspecified atom stereocenters. The maximum Gasteiger partial charge on any atom is 0.252 e. The molecule has 0 aliphatic carbocycles. The molecule has 0 saturated carbocycles. The molecule has 1 atom stereocenters. The van der Waals surface area contributed by atoms with Gasteiger partial charge in [-0.1, -0.05) is 35.9 Å². The maximum absolute atomic E-state index is 12.9. The van der Waals surface area contributed by atoms with E-state index in [2.05, 4.69) is 36.5 Å². The fourth-order valence-corrected chi connectivity index (χ4v) is 3.41. The SMILES string of the molecule is COc1cc(C(=O)N[C@@H](C[NH+]2CCOCC2)c2ccc(C)cc2)ccc1C. The molecular weight excluding hydrogens is 340 g/mol. The Bertz CT molecular complexity index is 768. The van der Waals surface area contributed by atoms with Crippen LogP contribution < -0.4 is 15.0 Å². The number of hydrogen-bond donors (Lipinski definition) is 2. The summed E-state index contributed by atoms with van der Waals surface area (Å²) in [4.78, 5) is 14.4. The molecule has 2 N–H and O–H groups in total. The van der Waals surface area contributed by atoms with Gasteiger partial charge in [0.2, 0.25) is 0 Å². The minimum absolute atomic E-state index is 0.0431. The predicted molar refractivity (Wildman–Crippen MR) is 105 cm³/mol. The van der Waals surface area contributed by atoms with Crippen LogP contribution >= 0.6 is 0 Å². The molecule has 1 heterocycles. The Labute approximate surface area is 161 Å². The van der Waals surface area contributed by atoms with E-state index in [1.807, 2.05) is 19.1 Å². The van der Waals surface area contributed by atoms with Crippen LogP contribution in [0.3, 0.4) is 0 Å². The van der Waals surface area contributed by atoms with Gasteiger partial charge in [-0.3, -0.25) is 4.79 Å². The van der Waals surface area contributed by atoms with Crippen LogP contribution in [0.15, 0.2) is 42.5 Å². The molecule has 144 valence electrons. The molecule has 5 heteroatoms. The Kier molecular flexibility index (Phi) is 6.48. The zero-order chi connectivity index (χ0) is 19.2. The lowest BCUT2D eigenvalue weighted by atomic mass is 10.0. The first-order valence-electron chi connectivity index (χ1n) is 9.50. The lowest BCUT2D eigenvalue weighted by Gasteiger charge is -2.28. The summed E-state index contributed by atoms with van der Waals surface area (Å²) >= 11 is 0. The summed E-state index contributed by atoms with van der Waals surface area (Å²) in [6.45, 7) is 8.38. The van der Waals surface area contributed by atoms with Gasteiger partial charge in [-0.05, 0) is 37.1 Å². The highest BCUT2D eigenvalue weighted by Gasteiger charge is 2.23. The fraction of sp³-hybridized carbons (Fsp3) is 0.409. The first-order valence-corrected chi connectivity index (χ1v) is 9.50. The number of morpholine rings is 1. The van der Waals surface area contributed by atoms with Crippen molar-refractivity contribution in [1.82, 2.24) is 5.32 Å². The smallest absolute Gasteiger partial charge is 0.252 e. The molecule has 5 nitrogen and oxygen atoms in total. The topological polar surface area (TPSA) is 52.0 Å². The van der Waals surface area contributed by atoms with Crippen LogP contribution in [0, 0.1) is 13.8 Å². The predicted octanol–water partition coefficient (Wildman–Crippen LogP) is 1.70. The molecule has 1 amide bonds. The van der Waals surface area contributed by atoms with Gasteiger partial charge in [0.1, 0.15) is 31.4 Å². The first-order chi connectivity index (χ1) is 13.1.